The molecule has 168 valence electrons. The first-order valence-electron chi connectivity index (χ1n) is 10.2. The monoisotopic (exact) mass is 456 g/mol. The summed E-state index contributed by atoms with van der Waals surface area (Å²) in [6.45, 7) is 4.15. The molecule has 0 unspecified atom stereocenters. The Bertz CT molecular complexity index is 1120. The first-order chi connectivity index (χ1) is 15.3. The minimum absolute atomic E-state index is 0.0379. The van der Waals surface area contributed by atoms with Gasteiger partial charge < -0.3 is 4.74 Å². The number of ether oxygens (including phenoxy) is 1. The van der Waals surface area contributed by atoms with E-state index in [1.165, 1.54) is 28.6 Å². The Kier molecular flexibility index (Phi) is 7.22. The maximum absolute atomic E-state index is 12.5. The highest BCUT2D eigenvalue weighted by molar-refractivity contribution is 7.89. The van der Waals surface area contributed by atoms with Crippen molar-refractivity contribution in [1.29, 1.82) is 0 Å². The zero-order valence-corrected chi connectivity index (χ0v) is 18.7. The van der Waals surface area contributed by atoms with Crippen LogP contribution in [0.1, 0.15) is 40.1 Å². The van der Waals surface area contributed by atoms with E-state index in [0.29, 0.717) is 29.8 Å². The fraction of sp³-hybridized carbons (Fsp3) is 0.261. The quantitative estimate of drug-likeness (QED) is 0.327. The third-order valence-electron chi connectivity index (χ3n) is 5.07. The predicted molar refractivity (Wildman–Crippen MR) is 118 cm³/mol. The molecule has 1 aliphatic rings. The van der Waals surface area contributed by atoms with Gasteiger partial charge in [0.25, 0.3) is 11.8 Å². The zero-order chi connectivity index (χ0) is 23.3. The van der Waals surface area contributed by atoms with Gasteiger partial charge in [0.05, 0.1) is 22.6 Å². The maximum atomic E-state index is 12.5. The number of fused-ring (bicyclic) bond motifs is 1. The van der Waals surface area contributed by atoms with Gasteiger partial charge in [-0.05, 0) is 35.9 Å². The molecule has 9 heteroatoms. The van der Waals surface area contributed by atoms with Crippen LogP contribution in [0.25, 0.3) is 6.08 Å². The summed E-state index contributed by atoms with van der Waals surface area (Å²) in [7, 11) is -3.54. The van der Waals surface area contributed by atoms with E-state index in [1.54, 1.807) is 50.2 Å². The summed E-state index contributed by atoms with van der Waals surface area (Å²) < 4.78 is 31.4. The second-order valence-electron chi connectivity index (χ2n) is 6.97. The number of hydrogen-bond acceptors (Lipinski definition) is 6. The molecule has 0 aliphatic carbocycles. The molecule has 1 aliphatic heterocycles. The Morgan fingerprint density at radius 1 is 0.969 bits per heavy atom. The number of benzene rings is 2. The molecule has 0 saturated carbocycles. The fourth-order valence-corrected chi connectivity index (χ4v) is 4.81. The SMILES string of the molecule is CCN(CC)S(=O)(=O)c1ccc(/C=C\C(=O)OCCN2C(=O)c3ccccc3C2=O)cc1. The molecular formula is C23H24N2O6S. The van der Waals surface area contributed by atoms with Gasteiger partial charge in [0.2, 0.25) is 10.0 Å². The summed E-state index contributed by atoms with van der Waals surface area (Å²) in [5.41, 5.74) is 1.31. The van der Waals surface area contributed by atoms with Crippen molar-refractivity contribution >= 4 is 33.9 Å². The van der Waals surface area contributed by atoms with E-state index in [2.05, 4.69) is 0 Å². The molecule has 0 spiro atoms. The predicted octanol–water partition coefficient (Wildman–Crippen LogP) is 2.57. The zero-order valence-electron chi connectivity index (χ0n) is 17.9. The van der Waals surface area contributed by atoms with Crippen molar-refractivity contribution in [2.45, 2.75) is 18.7 Å². The number of imide groups is 1. The van der Waals surface area contributed by atoms with Crippen LogP contribution in [-0.4, -0.2) is 61.6 Å². The summed E-state index contributed by atoms with van der Waals surface area (Å²) in [4.78, 5) is 37.8. The summed E-state index contributed by atoms with van der Waals surface area (Å²) in [5.74, 6) is -1.45. The van der Waals surface area contributed by atoms with E-state index < -0.39 is 27.8 Å². The van der Waals surface area contributed by atoms with Gasteiger partial charge in [-0.15, -0.1) is 0 Å². The van der Waals surface area contributed by atoms with Crippen molar-refractivity contribution in [2.24, 2.45) is 0 Å². The number of rotatable bonds is 9. The van der Waals surface area contributed by atoms with Crippen LogP contribution < -0.4 is 0 Å². The van der Waals surface area contributed by atoms with Gasteiger partial charge in [-0.3, -0.25) is 14.5 Å². The molecule has 2 aromatic rings. The van der Waals surface area contributed by atoms with E-state index in [1.807, 2.05) is 0 Å². The van der Waals surface area contributed by atoms with E-state index >= 15 is 0 Å². The molecule has 0 fully saturated rings. The number of amides is 2. The van der Waals surface area contributed by atoms with Crippen LogP contribution >= 0.6 is 0 Å². The number of carbonyl (C=O) groups is 3. The second kappa shape index (κ2) is 9.88. The highest BCUT2D eigenvalue weighted by atomic mass is 32.2. The van der Waals surface area contributed by atoms with Crippen LogP contribution in [0.3, 0.4) is 0 Å². The van der Waals surface area contributed by atoms with Crippen molar-refractivity contribution in [3.63, 3.8) is 0 Å². The molecule has 3 rings (SSSR count). The average Bonchev–Trinajstić information content (AvgIpc) is 3.03. The van der Waals surface area contributed by atoms with Gasteiger partial charge in [0.1, 0.15) is 6.61 Å². The minimum Gasteiger partial charge on any atom is -0.461 e. The summed E-state index contributed by atoms with van der Waals surface area (Å²) >= 11 is 0. The van der Waals surface area contributed by atoms with Crippen molar-refractivity contribution < 1.29 is 27.5 Å². The highest BCUT2D eigenvalue weighted by Gasteiger charge is 2.34. The summed E-state index contributed by atoms with van der Waals surface area (Å²) in [6, 6.07) is 12.7. The van der Waals surface area contributed by atoms with Gasteiger partial charge in [-0.1, -0.05) is 38.1 Å². The first-order valence-corrected chi connectivity index (χ1v) is 11.6. The molecule has 2 amide bonds. The Hall–Kier alpha value is -3.30. The van der Waals surface area contributed by atoms with Gasteiger partial charge in [0, 0.05) is 19.2 Å². The highest BCUT2D eigenvalue weighted by Crippen LogP contribution is 2.22. The topological polar surface area (TPSA) is 101 Å². The van der Waals surface area contributed by atoms with Crippen molar-refractivity contribution in [3.05, 3.63) is 71.3 Å². The molecule has 0 radical (unpaired) electrons. The third-order valence-corrected chi connectivity index (χ3v) is 7.14. The lowest BCUT2D eigenvalue weighted by atomic mass is 10.1. The average molecular weight is 457 g/mol. The number of nitrogens with zero attached hydrogens (tertiary/aromatic N) is 2. The van der Waals surface area contributed by atoms with Gasteiger partial charge in [-0.2, -0.15) is 4.31 Å². The van der Waals surface area contributed by atoms with E-state index in [9.17, 15) is 22.8 Å². The third kappa shape index (κ3) is 4.79. The molecule has 0 atom stereocenters. The number of hydrogen-bond donors (Lipinski definition) is 0. The second-order valence-corrected chi connectivity index (χ2v) is 8.90. The molecular weight excluding hydrogens is 432 g/mol. The molecule has 0 saturated heterocycles. The summed E-state index contributed by atoms with van der Waals surface area (Å²) in [5, 5.41) is 0. The van der Waals surface area contributed by atoms with Crippen molar-refractivity contribution in [1.82, 2.24) is 9.21 Å². The molecule has 0 aromatic heterocycles. The van der Waals surface area contributed by atoms with Crippen LogP contribution in [0, 0.1) is 0 Å². The van der Waals surface area contributed by atoms with Gasteiger partial charge in [-0.25, -0.2) is 13.2 Å². The lowest BCUT2D eigenvalue weighted by Crippen LogP contribution is -2.33. The summed E-state index contributed by atoms with van der Waals surface area (Å²) in [6.07, 6.45) is 2.70. The number of sulfonamides is 1. The van der Waals surface area contributed by atoms with Crippen LogP contribution in [0.5, 0.6) is 0 Å². The Labute approximate surface area is 187 Å². The smallest absolute Gasteiger partial charge is 0.330 e. The first kappa shape index (κ1) is 23.4. The normalized spacial score (nSPS) is 13.8. The van der Waals surface area contributed by atoms with Gasteiger partial charge >= 0.3 is 5.97 Å². The molecule has 8 nitrogen and oxygen atoms in total. The van der Waals surface area contributed by atoms with Crippen molar-refractivity contribution in [3.8, 4) is 0 Å². The molecule has 1 heterocycles. The molecule has 32 heavy (non-hydrogen) atoms. The van der Waals surface area contributed by atoms with Crippen LogP contribution in [0.2, 0.25) is 0 Å². The minimum atomic E-state index is -3.54. The molecule has 0 N–H and O–H groups in total. The standard InChI is InChI=1S/C23H24N2O6S/c1-3-24(4-2)32(29,30)18-12-9-17(10-13-18)11-14-21(26)31-16-15-25-22(27)19-7-5-6-8-20(19)23(25)28/h5-14H,3-4,15-16H2,1-2H3/b14-11-. The Balaban J connectivity index is 1.53. The maximum Gasteiger partial charge on any atom is 0.330 e. The van der Waals surface area contributed by atoms with E-state index in [4.69, 9.17) is 4.74 Å². The lowest BCUT2D eigenvalue weighted by Gasteiger charge is -2.18. The number of esters is 1. The van der Waals surface area contributed by atoms with Crippen LogP contribution in [-0.2, 0) is 19.6 Å². The number of carbonyl (C=O) groups excluding carboxylic acids is 3. The van der Waals surface area contributed by atoms with E-state index in [-0.39, 0.29) is 18.0 Å². The Morgan fingerprint density at radius 3 is 2.06 bits per heavy atom. The lowest BCUT2D eigenvalue weighted by molar-refractivity contribution is -0.137. The fourth-order valence-electron chi connectivity index (χ4n) is 3.36. The van der Waals surface area contributed by atoms with Crippen LogP contribution in [0.15, 0.2) is 59.5 Å². The Morgan fingerprint density at radius 2 is 1.53 bits per heavy atom. The van der Waals surface area contributed by atoms with Gasteiger partial charge in [0.15, 0.2) is 0 Å². The molecule has 2 aromatic carbocycles. The van der Waals surface area contributed by atoms with Crippen LogP contribution in [0.4, 0.5) is 0 Å². The van der Waals surface area contributed by atoms with Crippen molar-refractivity contribution in [2.75, 3.05) is 26.2 Å². The van der Waals surface area contributed by atoms with E-state index in [0.717, 1.165) is 4.90 Å². The molecule has 0 bridgehead atoms. The largest absolute Gasteiger partial charge is 0.461 e.